The predicted octanol–water partition coefficient (Wildman–Crippen LogP) is 13.7. The minimum absolute atomic E-state index is 0.620. The van der Waals surface area contributed by atoms with E-state index in [1.54, 1.807) is 0 Å². The second-order valence-electron chi connectivity index (χ2n) is 14.9. The molecule has 57 heavy (non-hydrogen) atoms. The third-order valence-electron chi connectivity index (χ3n) is 11.9. The summed E-state index contributed by atoms with van der Waals surface area (Å²) in [7, 11) is 0. The second-order valence-corrected chi connectivity index (χ2v) is 14.9. The van der Waals surface area contributed by atoms with Crippen LogP contribution in [0.4, 0.5) is 0 Å². The van der Waals surface area contributed by atoms with Gasteiger partial charge in [-0.2, -0.15) is 0 Å². The van der Waals surface area contributed by atoms with Gasteiger partial charge in [0.2, 0.25) is 5.95 Å². The van der Waals surface area contributed by atoms with Crippen LogP contribution in [-0.2, 0) is 0 Å². The van der Waals surface area contributed by atoms with Crippen molar-refractivity contribution in [1.82, 2.24) is 19.1 Å². The van der Waals surface area contributed by atoms with E-state index in [4.69, 9.17) is 14.4 Å². The van der Waals surface area contributed by atoms with Gasteiger partial charge in [-0.25, -0.2) is 9.97 Å². The van der Waals surface area contributed by atoms with Crippen LogP contribution < -0.4 is 0 Å². The van der Waals surface area contributed by atoms with Gasteiger partial charge >= 0.3 is 0 Å². The maximum atomic E-state index is 6.37. The van der Waals surface area contributed by atoms with Gasteiger partial charge in [0.1, 0.15) is 11.2 Å². The van der Waals surface area contributed by atoms with Gasteiger partial charge in [-0.1, -0.05) is 133 Å². The monoisotopic (exact) mass is 726 g/mol. The molecule has 4 heterocycles. The first kappa shape index (κ1) is 30.6. The van der Waals surface area contributed by atoms with Gasteiger partial charge in [0, 0.05) is 49.0 Å². The molecule has 0 saturated heterocycles. The van der Waals surface area contributed by atoms with E-state index in [2.05, 4.69) is 173 Å². The Kier molecular flexibility index (Phi) is 6.10. The molecule has 0 amide bonds. The lowest BCUT2D eigenvalue weighted by Crippen LogP contribution is -2.04. The summed E-state index contributed by atoms with van der Waals surface area (Å²) < 4.78 is 11.0. The predicted molar refractivity (Wildman–Crippen MR) is 236 cm³/mol. The van der Waals surface area contributed by atoms with Crippen LogP contribution in [0.15, 0.2) is 186 Å². The molecule has 0 aliphatic rings. The number of aromatic nitrogens is 4. The molecule has 13 aromatic rings. The lowest BCUT2D eigenvalue weighted by Gasteiger charge is -2.13. The van der Waals surface area contributed by atoms with E-state index < -0.39 is 0 Å². The molecule has 4 aromatic heterocycles. The summed E-state index contributed by atoms with van der Waals surface area (Å²) in [6.07, 6.45) is 0. The summed E-state index contributed by atoms with van der Waals surface area (Å²) in [5.41, 5.74) is 9.98. The Labute approximate surface area is 325 Å². The Morgan fingerprint density at radius 2 is 0.982 bits per heavy atom. The first-order valence-electron chi connectivity index (χ1n) is 19.3. The lowest BCUT2D eigenvalue weighted by molar-refractivity contribution is 0.669. The molecular weight excluding hydrogens is 697 g/mol. The van der Waals surface area contributed by atoms with E-state index >= 15 is 0 Å². The van der Waals surface area contributed by atoms with E-state index in [1.165, 1.54) is 48.7 Å². The van der Waals surface area contributed by atoms with Crippen LogP contribution in [0, 0.1) is 0 Å². The van der Waals surface area contributed by atoms with Crippen LogP contribution in [0.5, 0.6) is 0 Å². The summed E-state index contributed by atoms with van der Waals surface area (Å²) in [5, 5.41) is 12.8. The zero-order chi connectivity index (χ0) is 37.2. The molecule has 9 aromatic carbocycles. The fraction of sp³-hybridized carbons (Fsp3) is 0. The summed E-state index contributed by atoms with van der Waals surface area (Å²) in [6, 6.07) is 64.8. The number of para-hydroxylation sites is 3. The Morgan fingerprint density at radius 3 is 1.77 bits per heavy atom. The molecule has 0 spiro atoms. The van der Waals surface area contributed by atoms with Crippen molar-refractivity contribution in [3.8, 4) is 22.9 Å². The van der Waals surface area contributed by atoms with Crippen LogP contribution in [-0.4, -0.2) is 19.1 Å². The first-order valence-corrected chi connectivity index (χ1v) is 19.3. The number of hydrogen-bond acceptors (Lipinski definition) is 3. The Morgan fingerprint density at radius 1 is 0.368 bits per heavy atom. The maximum absolute atomic E-state index is 6.37. The topological polar surface area (TPSA) is 48.8 Å². The van der Waals surface area contributed by atoms with Crippen molar-refractivity contribution in [1.29, 1.82) is 0 Å². The second kappa shape index (κ2) is 11.4. The normalized spacial score (nSPS) is 12.2. The maximum Gasteiger partial charge on any atom is 0.235 e. The molecule has 5 nitrogen and oxygen atoms in total. The third kappa shape index (κ3) is 4.23. The minimum atomic E-state index is 0.620. The van der Waals surface area contributed by atoms with Crippen molar-refractivity contribution < 1.29 is 4.42 Å². The molecule has 0 aliphatic heterocycles. The van der Waals surface area contributed by atoms with Crippen LogP contribution in [0.2, 0.25) is 0 Å². The summed E-state index contributed by atoms with van der Waals surface area (Å²) in [4.78, 5) is 10.9. The van der Waals surface area contributed by atoms with Crippen molar-refractivity contribution in [2.24, 2.45) is 0 Å². The van der Waals surface area contributed by atoms with Gasteiger partial charge in [-0.3, -0.25) is 4.57 Å². The van der Waals surface area contributed by atoms with Crippen molar-refractivity contribution in [3.63, 3.8) is 0 Å². The van der Waals surface area contributed by atoms with Gasteiger partial charge in [0.05, 0.1) is 33.3 Å². The highest BCUT2D eigenvalue weighted by Crippen LogP contribution is 2.42. The van der Waals surface area contributed by atoms with Gasteiger partial charge in [0.15, 0.2) is 0 Å². The molecule has 0 saturated carbocycles. The molecular formula is C52H30N4O. The molecule has 0 bridgehead atoms. The molecule has 0 radical (unpaired) electrons. The number of benzene rings is 9. The van der Waals surface area contributed by atoms with E-state index in [-0.39, 0.29) is 0 Å². The highest BCUT2D eigenvalue weighted by molar-refractivity contribution is 6.23. The van der Waals surface area contributed by atoms with Crippen molar-refractivity contribution >= 4 is 98.0 Å². The van der Waals surface area contributed by atoms with Crippen molar-refractivity contribution in [2.45, 2.75) is 0 Å². The highest BCUT2D eigenvalue weighted by Gasteiger charge is 2.22. The van der Waals surface area contributed by atoms with Gasteiger partial charge in [-0.05, 0) is 70.1 Å². The fourth-order valence-electron chi connectivity index (χ4n) is 9.49. The molecule has 0 N–H and O–H groups in total. The summed E-state index contributed by atoms with van der Waals surface area (Å²) in [5.74, 6) is 0.620. The van der Waals surface area contributed by atoms with E-state index in [0.29, 0.717) is 5.95 Å². The van der Waals surface area contributed by atoms with Crippen LogP contribution in [0.25, 0.3) is 121 Å². The summed E-state index contributed by atoms with van der Waals surface area (Å²) in [6.45, 7) is 0. The molecule has 0 fully saturated rings. The highest BCUT2D eigenvalue weighted by atomic mass is 16.3. The average molecular weight is 727 g/mol. The largest absolute Gasteiger partial charge is 0.456 e. The van der Waals surface area contributed by atoms with E-state index in [9.17, 15) is 0 Å². The summed E-state index contributed by atoms with van der Waals surface area (Å²) >= 11 is 0. The molecule has 13 rings (SSSR count). The average Bonchev–Trinajstić information content (AvgIpc) is 3.94. The van der Waals surface area contributed by atoms with Gasteiger partial charge < -0.3 is 8.98 Å². The number of rotatable bonds is 3. The van der Waals surface area contributed by atoms with Crippen LogP contribution in [0.1, 0.15) is 0 Å². The smallest absolute Gasteiger partial charge is 0.235 e. The quantitative estimate of drug-likeness (QED) is 0.182. The molecule has 0 unspecified atom stereocenters. The van der Waals surface area contributed by atoms with Crippen LogP contribution in [0.3, 0.4) is 0 Å². The zero-order valence-electron chi connectivity index (χ0n) is 30.5. The van der Waals surface area contributed by atoms with Crippen molar-refractivity contribution in [2.75, 3.05) is 0 Å². The van der Waals surface area contributed by atoms with Gasteiger partial charge in [0.25, 0.3) is 0 Å². The van der Waals surface area contributed by atoms with Gasteiger partial charge in [-0.15, -0.1) is 0 Å². The molecule has 5 heteroatoms. The SMILES string of the molecule is c1ccc2c(c1)ccc1c2c2ccccc2n1-c1ccc2c3c4ccccc4ccc3n(-c3nc(-c4cccc5oc6ccccc6c45)c4ccccc4n3)c2c1. The fourth-order valence-corrected chi connectivity index (χ4v) is 9.49. The molecule has 0 atom stereocenters. The number of fused-ring (bicyclic) bond motifs is 14. The standard InChI is InChI=1S/C52H30N4O/c1-3-14-34-31(12-1)24-28-43-48(34)37-17-6-9-21-42(37)55(43)33-26-27-38-45(30-33)56(44-29-25-32-13-2-4-15-35(32)49(38)44)52-53-41-20-8-5-16-36(41)51(54-52)40-19-11-23-47-50(40)39-18-7-10-22-46(39)57-47/h1-30H. The number of hydrogen-bond donors (Lipinski definition) is 0. The Hall–Kier alpha value is -7.76. The molecule has 264 valence electrons. The Balaban J connectivity index is 1.16. The Bertz CT molecular complexity index is 3830. The number of nitrogens with zero attached hydrogens (tertiary/aromatic N) is 4. The minimum Gasteiger partial charge on any atom is -0.456 e. The van der Waals surface area contributed by atoms with Crippen molar-refractivity contribution in [3.05, 3.63) is 182 Å². The molecule has 0 aliphatic carbocycles. The zero-order valence-corrected chi connectivity index (χ0v) is 30.5. The number of furan rings is 1. The van der Waals surface area contributed by atoms with E-state index in [1.807, 2.05) is 18.2 Å². The first-order chi connectivity index (χ1) is 28.3. The lowest BCUT2D eigenvalue weighted by atomic mass is 10.0. The van der Waals surface area contributed by atoms with E-state index in [0.717, 1.165) is 66.2 Å². The van der Waals surface area contributed by atoms with Crippen LogP contribution >= 0.6 is 0 Å². The third-order valence-corrected chi connectivity index (χ3v) is 11.9.